The van der Waals surface area contributed by atoms with E-state index < -0.39 is 37.1 Å². The standard InChI is InChI=1S/C9H15F5N2/c1-6(15)8(9(12,13)14)2-3-16(5-8)4-7(10)11/h6-7H,2-5,15H2,1H3. The highest BCUT2D eigenvalue weighted by Gasteiger charge is 2.60. The molecule has 0 aromatic rings. The van der Waals surface area contributed by atoms with Crippen molar-refractivity contribution in [2.45, 2.75) is 32.0 Å². The van der Waals surface area contributed by atoms with Crippen molar-refractivity contribution in [3.05, 3.63) is 0 Å². The van der Waals surface area contributed by atoms with Crippen molar-refractivity contribution in [1.82, 2.24) is 4.90 Å². The van der Waals surface area contributed by atoms with Gasteiger partial charge in [-0.15, -0.1) is 0 Å². The van der Waals surface area contributed by atoms with E-state index in [4.69, 9.17) is 5.73 Å². The molecule has 0 aromatic heterocycles. The van der Waals surface area contributed by atoms with E-state index in [-0.39, 0.29) is 13.0 Å². The van der Waals surface area contributed by atoms with Gasteiger partial charge in [0.2, 0.25) is 0 Å². The van der Waals surface area contributed by atoms with Crippen LogP contribution in [0.2, 0.25) is 0 Å². The van der Waals surface area contributed by atoms with Gasteiger partial charge < -0.3 is 5.73 Å². The molecule has 0 aliphatic carbocycles. The van der Waals surface area contributed by atoms with Crippen molar-refractivity contribution in [2.24, 2.45) is 11.1 Å². The summed E-state index contributed by atoms with van der Waals surface area (Å²) in [6, 6.07) is -1.09. The molecule has 0 spiro atoms. The molecular formula is C9H15F5N2. The SMILES string of the molecule is CC(N)C1(C(F)(F)F)CCN(CC(F)F)C1. The molecule has 0 saturated carbocycles. The second-order valence-corrected chi connectivity index (χ2v) is 4.32. The zero-order valence-corrected chi connectivity index (χ0v) is 8.90. The minimum absolute atomic E-state index is 0.0192. The Hall–Kier alpha value is -0.430. The summed E-state index contributed by atoms with van der Waals surface area (Å²) in [4.78, 5) is 1.13. The summed E-state index contributed by atoms with van der Waals surface area (Å²) >= 11 is 0. The lowest BCUT2D eigenvalue weighted by atomic mass is 9.80. The van der Waals surface area contributed by atoms with Crippen LogP contribution < -0.4 is 5.73 Å². The lowest BCUT2D eigenvalue weighted by molar-refractivity contribution is -0.225. The molecule has 2 N–H and O–H groups in total. The Morgan fingerprint density at radius 1 is 1.38 bits per heavy atom. The van der Waals surface area contributed by atoms with E-state index >= 15 is 0 Å². The summed E-state index contributed by atoms with van der Waals surface area (Å²) in [7, 11) is 0. The number of hydrogen-bond donors (Lipinski definition) is 1. The number of halogens is 5. The predicted octanol–water partition coefficient (Wildman–Crippen LogP) is 1.85. The summed E-state index contributed by atoms with van der Waals surface area (Å²) < 4.78 is 62.8. The summed E-state index contributed by atoms with van der Waals surface area (Å²) in [6.45, 7) is 0.244. The molecule has 96 valence electrons. The number of likely N-dealkylation sites (tertiary alicyclic amines) is 1. The van der Waals surface area contributed by atoms with Crippen molar-refractivity contribution in [2.75, 3.05) is 19.6 Å². The highest BCUT2D eigenvalue weighted by Crippen LogP contribution is 2.47. The van der Waals surface area contributed by atoms with Crippen molar-refractivity contribution >= 4 is 0 Å². The molecule has 1 saturated heterocycles. The first-order valence-electron chi connectivity index (χ1n) is 5.02. The van der Waals surface area contributed by atoms with E-state index in [1.165, 1.54) is 6.92 Å². The first-order valence-corrected chi connectivity index (χ1v) is 5.02. The van der Waals surface area contributed by atoms with Crippen LogP contribution >= 0.6 is 0 Å². The lowest BCUT2D eigenvalue weighted by Gasteiger charge is -2.35. The number of nitrogens with zero attached hydrogens (tertiary/aromatic N) is 1. The van der Waals surface area contributed by atoms with Crippen molar-refractivity contribution < 1.29 is 22.0 Å². The maximum absolute atomic E-state index is 12.9. The monoisotopic (exact) mass is 246 g/mol. The fourth-order valence-corrected chi connectivity index (χ4v) is 2.13. The van der Waals surface area contributed by atoms with E-state index in [1.807, 2.05) is 0 Å². The normalized spacial score (nSPS) is 30.0. The van der Waals surface area contributed by atoms with Crippen LogP contribution in [-0.2, 0) is 0 Å². The molecule has 1 heterocycles. The summed E-state index contributed by atoms with van der Waals surface area (Å²) in [5.41, 5.74) is 3.34. The average molecular weight is 246 g/mol. The van der Waals surface area contributed by atoms with Crippen LogP contribution in [0.15, 0.2) is 0 Å². The number of rotatable bonds is 3. The van der Waals surface area contributed by atoms with Gasteiger partial charge in [-0.25, -0.2) is 8.78 Å². The zero-order chi connectivity index (χ0) is 12.6. The van der Waals surface area contributed by atoms with Gasteiger partial charge in [0.1, 0.15) is 0 Å². The predicted molar refractivity (Wildman–Crippen MR) is 49.2 cm³/mol. The highest BCUT2D eigenvalue weighted by molar-refractivity contribution is 5.00. The molecule has 2 atom stereocenters. The summed E-state index contributed by atoms with van der Waals surface area (Å²) in [5.74, 6) is 0. The molecule has 1 aliphatic heterocycles. The fourth-order valence-electron chi connectivity index (χ4n) is 2.13. The van der Waals surface area contributed by atoms with Crippen LogP contribution in [0.4, 0.5) is 22.0 Å². The molecule has 1 rings (SSSR count). The Morgan fingerprint density at radius 3 is 2.25 bits per heavy atom. The minimum atomic E-state index is -4.45. The Bertz CT molecular complexity index is 241. The third kappa shape index (κ3) is 2.45. The first kappa shape index (κ1) is 13.6. The van der Waals surface area contributed by atoms with Crippen LogP contribution in [0.1, 0.15) is 13.3 Å². The number of alkyl halides is 5. The molecule has 7 heteroatoms. The minimum Gasteiger partial charge on any atom is -0.327 e. The molecule has 16 heavy (non-hydrogen) atoms. The van der Waals surface area contributed by atoms with Gasteiger partial charge in [0, 0.05) is 12.6 Å². The topological polar surface area (TPSA) is 29.3 Å². The molecule has 0 aromatic carbocycles. The third-order valence-corrected chi connectivity index (χ3v) is 3.21. The van der Waals surface area contributed by atoms with Gasteiger partial charge in [-0.2, -0.15) is 13.2 Å². The highest BCUT2D eigenvalue weighted by atomic mass is 19.4. The second kappa shape index (κ2) is 4.44. The molecule has 1 aliphatic rings. The quantitative estimate of drug-likeness (QED) is 0.770. The van der Waals surface area contributed by atoms with Crippen LogP contribution in [0.25, 0.3) is 0 Å². The van der Waals surface area contributed by atoms with Gasteiger partial charge >= 0.3 is 6.18 Å². The van der Waals surface area contributed by atoms with Crippen LogP contribution in [0.3, 0.4) is 0 Å². The fraction of sp³-hybridized carbons (Fsp3) is 1.00. The van der Waals surface area contributed by atoms with E-state index in [9.17, 15) is 22.0 Å². The first-order chi connectivity index (χ1) is 7.19. The Morgan fingerprint density at radius 2 is 1.94 bits per heavy atom. The van der Waals surface area contributed by atoms with E-state index in [0.29, 0.717) is 0 Å². The van der Waals surface area contributed by atoms with Crippen LogP contribution in [0.5, 0.6) is 0 Å². The van der Waals surface area contributed by atoms with E-state index in [2.05, 4.69) is 0 Å². The second-order valence-electron chi connectivity index (χ2n) is 4.32. The van der Waals surface area contributed by atoms with Crippen LogP contribution in [0, 0.1) is 5.41 Å². The van der Waals surface area contributed by atoms with E-state index in [1.54, 1.807) is 0 Å². The summed E-state index contributed by atoms with van der Waals surface area (Å²) in [5, 5.41) is 0. The summed E-state index contributed by atoms with van der Waals surface area (Å²) in [6.07, 6.45) is -7.27. The zero-order valence-electron chi connectivity index (χ0n) is 8.90. The molecule has 2 nitrogen and oxygen atoms in total. The molecule has 0 amide bonds. The third-order valence-electron chi connectivity index (χ3n) is 3.21. The number of nitrogens with two attached hydrogens (primary N) is 1. The maximum Gasteiger partial charge on any atom is 0.397 e. The van der Waals surface area contributed by atoms with Gasteiger partial charge in [-0.05, 0) is 19.9 Å². The van der Waals surface area contributed by atoms with E-state index in [0.717, 1.165) is 4.90 Å². The van der Waals surface area contributed by atoms with Gasteiger partial charge in [0.25, 0.3) is 6.43 Å². The van der Waals surface area contributed by atoms with Gasteiger partial charge in [0.05, 0.1) is 12.0 Å². The smallest absolute Gasteiger partial charge is 0.327 e. The van der Waals surface area contributed by atoms with Crippen molar-refractivity contribution in [3.8, 4) is 0 Å². The van der Waals surface area contributed by atoms with Crippen molar-refractivity contribution in [3.63, 3.8) is 0 Å². The van der Waals surface area contributed by atoms with Gasteiger partial charge in [-0.1, -0.05) is 0 Å². The van der Waals surface area contributed by atoms with Crippen LogP contribution in [-0.4, -0.2) is 43.2 Å². The average Bonchev–Trinajstić information content (AvgIpc) is 2.46. The lowest BCUT2D eigenvalue weighted by Crippen LogP contribution is -2.52. The van der Waals surface area contributed by atoms with Gasteiger partial charge in [0.15, 0.2) is 0 Å². The molecular weight excluding hydrogens is 231 g/mol. The molecule has 0 bridgehead atoms. The molecule has 0 radical (unpaired) electrons. The Balaban J connectivity index is 2.78. The maximum atomic E-state index is 12.9. The Kier molecular flexibility index (Phi) is 3.79. The van der Waals surface area contributed by atoms with Gasteiger partial charge in [-0.3, -0.25) is 4.90 Å². The number of hydrogen-bond acceptors (Lipinski definition) is 2. The largest absolute Gasteiger partial charge is 0.397 e. The molecule has 2 unspecified atom stereocenters. The molecule has 1 fully saturated rings. The van der Waals surface area contributed by atoms with Crippen molar-refractivity contribution in [1.29, 1.82) is 0 Å². The Labute approximate surface area is 90.6 Å².